The molecule has 0 unspecified atom stereocenters. The highest BCUT2D eigenvalue weighted by atomic mass is 16.5. The fourth-order valence-electron chi connectivity index (χ4n) is 2.82. The number of fused-ring (bicyclic) bond motifs is 1. The van der Waals surface area contributed by atoms with Gasteiger partial charge in [-0.15, -0.1) is 0 Å². The molecule has 3 aromatic carbocycles. The summed E-state index contributed by atoms with van der Waals surface area (Å²) in [7, 11) is 0. The molecule has 0 amide bonds. The molecule has 1 heterocycles. The lowest BCUT2D eigenvalue weighted by molar-refractivity contribution is 0.306. The Labute approximate surface area is 156 Å². The Morgan fingerprint density at radius 2 is 1.56 bits per heavy atom. The van der Waals surface area contributed by atoms with Gasteiger partial charge in [-0.05, 0) is 36.8 Å². The first-order chi connectivity index (χ1) is 13.2. The Hall–Kier alpha value is -3.53. The van der Waals surface area contributed by atoms with Gasteiger partial charge >= 0.3 is 0 Å². The van der Waals surface area contributed by atoms with Gasteiger partial charge in [0.15, 0.2) is 0 Å². The number of hydrogen-bond donors (Lipinski definition) is 0. The highest BCUT2D eigenvalue weighted by Crippen LogP contribution is 2.27. The lowest BCUT2D eigenvalue weighted by Crippen LogP contribution is -2.07. The van der Waals surface area contributed by atoms with Crippen molar-refractivity contribution < 1.29 is 13.9 Å². The van der Waals surface area contributed by atoms with Crippen LogP contribution in [0.4, 0.5) is 0 Å². The molecule has 4 aromatic rings. The van der Waals surface area contributed by atoms with Gasteiger partial charge in [0.05, 0.1) is 5.39 Å². The van der Waals surface area contributed by atoms with Crippen LogP contribution >= 0.6 is 0 Å². The van der Waals surface area contributed by atoms with E-state index in [1.165, 1.54) is 0 Å². The zero-order chi connectivity index (χ0) is 18.6. The fourth-order valence-corrected chi connectivity index (χ4v) is 2.82. The average Bonchev–Trinajstić information content (AvgIpc) is 2.71. The van der Waals surface area contributed by atoms with Gasteiger partial charge in [0.1, 0.15) is 29.4 Å². The standard InChI is InChI=1S/C23H18O4/c1-16-23(27-18-10-6-3-7-11-18)22(24)20-13-12-19(14-21(20)26-16)25-15-17-8-4-2-5-9-17/h2-14H,15H2,1H3. The largest absolute Gasteiger partial charge is 0.489 e. The lowest BCUT2D eigenvalue weighted by atomic mass is 10.2. The van der Waals surface area contributed by atoms with Crippen molar-refractivity contribution in [1.29, 1.82) is 0 Å². The van der Waals surface area contributed by atoms with Crippen molar-refractivity contribution in [2.75, 3.05) is 0 Å². The van der Waals surface area contributed by atoms with E-state index in [9.17, 15) is 4.79 Å². The van der Waals surface area contributed by atoms with Crippen molar-refractivity contribution in [2.24, 2.45) is 0 Å². The topological polar surface area (TPSA) is 48.7 Å². The van der Waals surface area contributed by atoms with Crippen molar-refractivity contribution in [3.63, 3.8) is 0 Å². The maximum absolute atomic E-state index is 12.8. The molecule has 134 valence electrons. The van der Waals surface area contributed by atoms with Crippen molar-refractivity contribution in [3.8, 4) is 17.2 Å². The molecule has 0 N–H and O–H groups in total. The zero-order valence-electron chi connectivity index (χ0n) is 14.8. The molecular formula is C23H18O4. The van der Waals surface area contributed by atoms with Crippen LogP contribution in [0, 0.1) is 6.92 Å². The van der Waals surface area contributed by atoms with Gasteiger partial charge in [0, 0.05) is 6.07 Å². The number of aryl methyl sites for hydroxylation is 1. The van der Waals surface area contributed by atoms with Crippen LogP contribution in [0.5, 0.6) is 17.2 Å². The first-order valence-electron chi connectivity index (χ1n) is 8.68. The predicted molar refractivity (Wildman–Crippen MR) is 105 cm³/mol. The van der Waals surface area contributed by atoms with Gasteiger partial charge < -0.3 is 13.9 Å². The van der Waals surface area contributed by atoms with Gasteiger partial charge in [-0.25, -0.2) is 0 Å². The SMILES string of the molecule is Cc1oc2cc(OCc3ccccc3)ccc2c(=O)c1Oc1ccccc1. The van der Waals surface area contributed by atoms with E-state index >= 15 is 0 Å². The third-order valence-electron chi connectivity index (χ3n) is 4.20. The summed E-state index contributed by atoms with van der Waals surface area (Å²) in [5, 5.41) is 0.457. The first-order valence-corrected chi connectivity index (χ1v) is 8.68. The molecule has 0 fully saturated rings. The predicted octanol–water partition coefficient (Wildman–Crippen LogP) is 5.47. The van der Waals surface area contributed by atoms with Crippen LogP contribution in [-0.4, -0.2) is 0 Å². The molecule has 0 atom stereocenters. The molecule has 0 bridgehead atoms. The molecule has 27 heavy (non-hydrogen) atoms. The van der Waals surface area contributed by atoms with Gasteiger partial charge in [0.25, 0.3) is 0 Å². The minimum atomic E-state index is -0.202. The van der Waals surface area contributed by atoms with Crippen molar-refractivity contribution in [2.45, 2.75) is 13.5 Å². The maximum Gasteiger partial charge on any atom is 0.235 e. The van der Waals surface area contributed by atoms with Gasteiger partial charge in [-0.3, -0.25) is 4.79 Å². The number of rotatable bonds is 5. The fraction of sp³-hybridized carbons (Fsp3) is 0.0870. The summed E-state index contributed by atoms with van der Waals surface area (Å²) in [6, 6.07) is 24.3. The summed E-state index contributed by atoms with van der Waals surface area (Å²) in [6.45, 7) is 2.17. The molecule has 4 nitrogen and oxygen atoms in total. The van der Waals surface area contributed by atoms with Crippen molar-refractivity contribution in [3.05, 3.63) is 100 Å². The zero-order valence-corrected chi connectivity index (χ0v) is 14.8. The molecule has 4 rings (SSSR count). The van der Waals surface area contributed by atoms with Gasteiger partial charge in [0.2, 0.25) is 11.2 Å². The molecule has 0 spiro atoms. The van der Waals surface area contributed by atoms with Crippen molar-refractivity contribution in [1.82, 2.24) is 0 Å². The maximum atomic E-state index is 12.8. The van der Waals surface area contributed by atoms with Crippen LogP contribution in [0.3, 0.4) is 0 Å². The van der Waals surface area contributed by atoms with Gasteiger partial charge in [-0.2, -0.15) is 0 Å². The Kier molecular flexibility index (Phi) is 4.62. The highest BCUT2D eigenvalue weighted by Gasteiger charge is 2.14. The van der Waals surface area contributed by atoms with Crippen LogP contribution in [0.25, 0.3) is 11.0 Å². The summed E-state index contributed by atoms with van der Waals surface area (Å²) in [6.07, 6.45) is 0. The summed E-state index contributed by atoms with van der Waals surface area (Å²) >= 11 is 0. The van der Waals surface area contributed by atoms with E-state index in [1.54, 1.807) is 37.3 Å². The second kappa shape index (κ2) is 7.38. The summed E-state index contributed by atoms with van der Waals surface area (Å²) < 4.78 is 17.4. The summed E-state index contributed by atoms with van der Waals surface area (Å²) in [5.41, 5.74) is 1.34. The van der Waals surface area contributed by atoms with E-state index in [0.29, 0.717) is 34.8 Å². The van der Waals surface area contributed by atoms with Crippen LogP contribution in [0.1, 0.15) is 11.3 Å². The molecule has 4 heteroatoms. The smallest absolute Gasteiger partial charge is 0.235 e. The molecule has 0 aliphatic carbocycles. The van der Waals surface area contributed by atoms with Gasteiger partial charge in [-0.1, -0.05) is 48.5 Å². The summed E-state index contributed by atoms with van der Waals surface area (Å²) in [5.74, 6) is 1.86. The van der Waals surface area contributed by atoms with E-state index in [-0.39, 0.29) is 11.2 Å². The Morgan fingerprint density at radius 3 is 2.30 bits per heavy atom. The molecule has 0 radical (unpaired) electrons. The Morgan fingerprint density at radius 1 is 0.852 bits per heavy atom. The number of hydrogen-bond acceptors (Lipinski definition) is 4. The quantitative estimate of drug-likeness (QED) is 0.474. The van der Waals surface area contributed by atoms with Crippen LogP contribution < -0.4 is 14.9 Å². The number of benzene rings is 3. The van der Waals surface area contributed by atoms with E-state index in [4.69, 9.17) is 13.9 Å². The first kappa shape index (κ1) is 16.9. The number of para-hydroxylation sites is 1. The average molecular weight is 358 g/mol. The third kappa shape index (κ3) is 3.70. The minimum absolute atomic E-state index is 0.201. The minimum Gasteiger partial charge on any atom is -0.489 e. The normalized spacial score (nSPS) is 10.7. The van der Waals surface area contributed by atoms with E-state index in [2.05, 4.69) is 0 Å². The molecule has 1 aromatic heterocycles. The monoisotopic (exact) mass is 358 g/mol. The Balaban J connectivity index is 1.63. The molecule has 0 saturated carbocycles. The molecular weight excluding hydrogens is 340 g/mol. The second-order valence-electron chi connectivity index (χ2n) is 6.16. The highest BCUT2D eigenvalue weighted by molar-refractivity contribution is 5.79. The second-order valence-corrected chi connectivity index (χ2v) is 6.16. The van der Waals surface area contributed by atoms with Crippen molar-refractivity contribution >= 4 is 11.0 Å². The third-order valence-corrected chi connectivity index (χ3v) is 4.20. The molecule has 0 aliphatic heterocycles. The van der Waals surface area contributed by atoms with Crippen LogP contribution in [0.15, 0.2) is 88.1 Å². The number of ether oxygens (including phenoxy) is 2. The Bertz CT molecular complexity index is 1120. The lowest BCUT2D eigenvalue weighted by Gasteiger charge is -2.10. The van der Waals surface area contributed by atoms with Crippen LogP contribution in [0.2, 0.25) is 0 Å². The van der Waals surface area contributed by atoms with E-state index in [0.717, 1.165) is 5.56 Å². The van der Waals surface area contributed by atoms with E-state index in [1.807, 2.05) is 48.5 Å². The van der Waals surface area contributed by atoms with Crippen LogP contribution in [-0.2, 0) is 6.61 Å². The molecule has 0 aliphatic rings. The molecule has 0 saturated heterocycles. The van der Waals surface area contributed by atoms with E-state index < -0.39 is 0 Å². The summed E-state index contributed by atoms with van der Waals surface area (Å²) in [4.78, 5) is 12.8.